The largest absolute Gasteiger partial charge is 0.473 e. The molecule has 0 unspecified atom stereocenters. The Hall–Kier alpha value is -0.350. The standard InChI is InChI=1S/C6H6BrNOS/c1-9-6-8-4-5(10-6)2-3-7/h2-4H,1H3/b3-2+. The average Bonchev–Trinajstić information content (AvgIpc) is 2.37. The van der Waals surface area contributed by atoms with Gasteiger partial charge in [-0.15, -0.1) is 0 Å². The van der Waals surface area contributed by atoms with Crippen molar-refractivity contribution >= 4 is 33.3 Å². The van der Waals surface area contributed by atoms with Gasteiger partial charge in [0.15, 0.2) is 0 Å². The predicted octanol–water partition coefficient (Wildman–Crippen LogP) is 2.52. The highest BCUT2D eigenvalue weighted by Crippen LogP contribution is 2.20. The monoisotopic (exact) mass is 219 g/mol. The van der Waals surface area contributed by atoms with Crippen molar-refractivity contribution in [1.29, 1.82) is 0 Å². The SMILES string of the molecule is COc1ncc(/C=C/Br)s1. The molecule has 1 rings (SSSR count). The number of thiazole rings is 1. The van der Waals surface area contributed by atoms with Gasteiger partial charge in [-0.05, 0) is 11.1 Å². The summed E-state index contributed by atoms with van der Waals surface area (Å²) in [5.41, 5.74) is 0. The molecule has 0 bridgehead atoms. The molecule has 0 N–H and O–H groups in total. The van der Waals surface area contributed by atoms with Crippen LogP contribution >= 0.6 is 27.3 Å². The third-order valence-electron chi connectivity index (χ3n) is 0.904. The van der Waals surface area contributed by atoms with Crippen molar-refractivity contribution in [3.05, 3.63) is 16.1 Å². The topological polar surface area (TPSA) is 22.1 Å². The Bertz CT molecular complexity index is 233. The van der Waals surface area contributed by atoms with Gasteiger partial charge >= 0.3 is 0 Å². The van der Waals surface area contributed by atoms with E-state index in [1.54, 1.807) is 18.3 Å². The zero-order valence-corrected chi connectivity index (χ0v) is 7.78. The Labute approximate surface area is 71.7 Å². The normalized spacial score (nSPS) is 10.6. The van der Waals surface area contributed by atoms with E-state index in [1.807, 2.05) is 6.08 Å². The fourth-order valence-electron chi connectivity index (χ4n) is 0.503. The highest BCUT2D eigenvalue weighted by Gasteiger charge is 1.95. The summed E-state index contributed by atoms with van der Waals surface area (Å²) in [6, 6.07) is 0. The van der Waals surface area contributed by atoms with Crippen LogP contribution in [-0.2, 0) is 0 Å². The van der Waals surface area contributed by atoms with Crippen LogP contribution in [0.1, 0.15) is 4.88 Å². The molecule has 0 aliphatic carbocycles. The molecule has 54 valence electrons. The summed E-state index contributed by atoms with van der Waals surface area (Å²) >= 11 is 4.68. The maximum absolute atomic E-state index is 4.90. The number of nitrogens with zero attached hydrogens (tertiary/aromatic N) is 1. The summed E-state index contributed by atoms with van der Waals surface area (Å²) in [6.07, 6.45) is 3.68. The van der Waals surface area contributed by atoms with Crippen LogP contribution in [0.3, 0.4) is 0 Å². The van der Waals surface area contributed by atoms with E-state index >= 15 is 0 Å². The molecule has 4 heteroatoms. The van der Waals surface area contributed by atoms with Crippen LogP contribution in [0, 0.1) is 0 Å². The lowest BCUT2D eigenvalue weighted by Gasteiger charge is -1.85. The van der Waals surface area contributed by atoms with Crippen molar-refractivity contribution in [2.75, 3.05) is 7.11 Å². The van der Waals surface area contributed by atoms with Crippen molar-refractivity contribution in [3.63, 3.8) is 0 Å². The van der Waals surface area contributed by atoms with Gasteiger partial charge in [-0.25, -0.2) is 4.98 Å². The second-order valence-corrected chi connectivity index (χ2v) is 3.08. The lowest BCUT2D eigenvalue weighted by Crippen LogP contribution is -1.76. The second-order valence-electron chi connectivity index (χ2n) is 1.53. The third-order valence-corrected chi connectivity index (χ3v) is 2.09. The molecule has 1 aromatic heterocycles. The van der Waals surface area contributed by atoms with Crippen molar-refractivity contribution in [2.45, 2.75) is 0 Å². The number of hydrogen-bond donors (Lipinski definition) is 0. The lowest BCUT2D eigenvalue weighted by molar-refractivity contribution is 0.412. The number of aromatic nitrogens is 1. The molecular formula is C6H6BrNOS. The van der Waals surface area contributed by atoms with Gasteiger partial charge in [0.1, 0.15) is 0 Å². The molecule has 1 heterocycles. The van der Waals surface area contributed by atoms with Crippen LogP contribution in [0.25, 0.3) is 6.08 Å². The molecule has 1 aromatic rings. The summed E-state index contributed by atoms with van der Waals surface area (Å²) < 4.78 is 4.90. The van der Waals surface area contributed by atoms with Gasteiger partial charge in [0, 0.05) is 6.20 Å². The zero-order chi connectivity index (χ0) is 7.40. The minimum absolute atomic E-state index is 0.695. The Kier molecular flexibility index (Phi) is 2.89. The van der Waals surface area contributed by atoms with E-state index in [0.717, 1.165) is 4.88 Å². The van der Waals surface area contributed by atoms with Gasteiger partial charge in [0.2, 0.25) is 0 Å². The smallest absolute Gasteiger partial charge is 0.273 e. The molecule has 0 fully saturated rings. The first kappa shape index (κ1) is 7.75. The second kappa shape index (κ2) is 3.73. The Morgan fingerprint density at radius 1 is 1.80 bits per heavy atom. The maximum Gasteiger partial charge on any atom is 0.273 e. The highest BCUT2D eigenvalue weighted by atomic mass is 79.9. The van der Waals surface area contributed by atoms with Gasteiger partial charge in [0.25, 0.3) is 5.19 Å². The van der Waals surface area contributed by atoms with Crippen molar-refractivity contribution in [1.82, 2.24) is 4.98 Å². The number of methoxy groups -OCH3 is 1. The van der Waals surface area contributed by atoms with Gasteiger partial charge in [-0.1, -0.05) is 27.3 Å². The van der Waals surface area contributed by atoms with Crippen molar-refractivity contribution in [2.24, 2.45) is 0 Å². The van der Waals surface area contributed by atoms with E-state index in [4.69, 9.17) is 4.74 Å². The average molecular weight is 220 g/mol. The van der Waals surface area contributed by atoms with E-state index in [2.05, 4.69) is 20.9 Å². The first-order chi connectivity index (χ1) is 4.86. The first-order valence-electron chi connectivity index (χ1n) is 2.63. The fourth-order valence-corrected chi connectivity index (χ4v) is 1.59. The van der Waals surface area contributed by atoms with Crippen LogP contribution in [-0.4, -0.2) is 12.1 Å². The molecule has 0 aliphatic heterocycles. The Morgan fingerprint density at radius 3 is 3.10 bits per heavy atom. The Morgan fingerprint density at radius 2 is 2.60 bits per heavy atom. The first-order valence-corrected chi connectivity index (χ1v) is 4.36. The van der Waals surface area contributed by atoms with Crippen LogP contribution in [0.15, 0.2) is 11.2 Å². The fraction of sp³-hybridized carbons (Fsp3) is 0.167. The van der Waals surface area contributed by atoms with Crippen LogP contribution < -0.4 is 4.74 Å². The molecule has 0 aliphatic rings. The van der Waals surface area contributed by atoms with E-state index in [1.165, 1.54) is 11.3 Å². The summed E-state index contributed by atoms with van der Waals surface area (Å²) in [4.78, 5) is 6.85. The predicted molar refractivity (Wildman–Crippen MR) is 46.6 cm³/mol. The summed E-state index contributed by atoms with van der Waals surface area (Å²) in [6.45, 7) is 0. The van der Waals surface area contributed by atoms with Crippen LogP contribution in [0.2, 0.25) is 0 Å². The van der Waals surface area contributed by atoms with E-state index in [9.17, 15) is 0 Å². The molecule has 0 amide bonds. The highest BCUT2D eigenvalue weighted by molar-refractivity contribution is 9.11. The molecule has 0 radical (unpaired) electrons. The van der Waals surface area contributed by atoms with E-state index < -0.39 is 0 Å². The van der Waals surface area contributed by atoms with Gasteiger partial charge in [0.05, 0.1) is 12.0 Å². The molecule has 10 heavy (non-hydrogen) atoms. The number of ether oxygens (including phenoxy) is 1. The molecular weight excluding hydrogens is 214 g/mol. The molecule has 0 atom stereocenters. The summed E-state index contributed by atoms with van der Waals surface area (Å²) in [5, 5.41) is 0.695. The molecule has 0 saturated carbocycles. The van der Waals surface area contributed by atoms with Crippen LogP contribution in [0.4, 0.5) is 0 Å². The van der Waals surface area contributed by atoms with Crippen molar-refractivity contribution in [3.8, 4) is 5.19 Å². The van der Waals surface area contributed by atoms with E-state index in [0.29, 0.717) is 5.19 Å². The molecule has 0 saturated heterocycles. The Balaban J connectivity index is 2.78. The van der Waals surface area contributed by atoms with Gasteiger partial charge in [-0.2, -0.15) is 0 Å². The molecule has 0 aromatic carbocycles. The summed E-state index contributed by atoms with van der Waals surface area (Å²) in [7, 11) is 1.61. The quantitative estimate of drug-likeness (QED) is 0.763. The minimum atomic E-state index is 0.695. The summed E-state index contributed by atoms with van der Waals surface area (Å²) in [5.74, 6) is 0. The minimum Gasteiger partial charge on any atom is -0.473 e. The number of rotatable bonds is 2. The van der Waals surface area contributed by atoms with Crippen molar-refractivity contribution < 1.29 is 4.74 Å². The van der Waals surface area contributed by atoms with Crippen LogP contribution in [0.5, 0.6) is 5.19 Å². The molecule has 2 nitrogen and oxygen atoms in total. The third kappa shape index (κ3) is 1.82. The number of halogens is 1. The lowest BCUT2D eigenvalue weighted by atomic mass is 10.6. The molecule has 0 spiro atoms. The van der Waals surface area contributed by atoms with Gasteiger partial charge < -0.3 is 4.74 Å². The number of hydrogen-bond acceptors (Lipinski definition) is 3. The zero-order valence-electron chi connectivity index (χ0n) is 5.37. The van der Waals surface area contributed by atoms with E-state index in [-0.39, 0.29) is 0 Å². The maximum atomic E-state index is 4.90. The van der Waals surface area contributed by atoms with Gasteiger partial charge in [-0.3, -0.25) is 0 Å².